The van der Waals surface area contributed by atoms with Gasteiger partial charge < -0.3 is 14.5 Å². The van der Waals surface area contributed by atoms with Crippen molar-refractivity contribution in [3.05, 3.63) is 23.7 Å². The van der Waals surface area contributed by atoms with E-state index >= 15 is 0 Å². The Balaban J connectivity index is 2.53. The molecule has 0 fully saturated rings. The van der Waals surface area contributed by atoms with Gasteiger partial charge in [-0.05, 0) is 12.1 Å². The number of esters is 1. The van der Waals surface area contributed by atoms with Crippen LogP contribution >= 0.6 is 0 Å². The highest BCUT2D eigenvalue weighted by atomic mass is 32.2. The number of methoxy groups -OCH3 is 1. The Morgan fingerprint density at radius 3 is 2.60 bits per heavy atom. The Hall–Kier alpha value is -1.34. The van der Waals surface area contributed by atoms with E-state index in [2.05, 4.69) is 10.1 Å². The molecule has 0 aliphatic rings. The Bertz CT molecular complexity index is 533. The quantitative estimate of drug-likeness (QED) is 0.728. The van der Waals surface area contributed by atoms with Crippen LogP contribution in [0.15, 0.2) is 16.5 Å². The first-order valence-electron chi connectivity index (χ1n) is 6.40. The summed E-state index contributed by atoms with van der Waals surface area (Å²) >= 11 is 0. The summed E-state index contributed by atoms with van der Waals surface area (Å²) < 4.78 is 33.5. The number of hydrogen-bond donors (Lipinski definition) is 1. The molecular formula is C13H21NO5S. The van der Waals surface area contributed by atoms with Gasteiger partial charge in [-0.2, -0.15) is 0 Å². The lowest BCUT2D eigenvalue weighted by atomic mass is 10.3. The molecule has 0 radical (unpaired) electrons. The van der Waals surface area contributed by atoms with Crippen molar-refractivity contribution in [1.82, 2.24) is 5.32 Å². The molecule has 1 N–H and O–H groups in total. The number of sulfone groups is 1. The molecule has 1 rings (SSSR count). The van der Waals surface area contributed by atoms with Crippen LogP contribution in [0.5, 0.6) is 0 Å². The second-order valence-electron chi connectivity index (χ2n) is 4.82. The van der Waals surface area contributed by atoms with Crippen LogP contribution in [0.4, 0.5) is 0 Å². The van der Waals surface area contributed by atoms with Gasteiger partial charge in [0.15, 0.2) is 9.84 Å². The highest BCUT2D eigenvalue weighted by Gasteiger charge is 2.17. The molecule has 1 aromatic rings. The van der Waals surface area contributed by atoms with E-state index in [0.29, 0.717) is 24.1 Å². The highest BCUT2D eigenvalue weighted by molar-refractivity contribution is 7.90. The largest absolute Gasteiger partial charge is 0.469 e. The molecule has 0 aliphatic carbocycles. The summed E-state index contributed by atoms with van der Waals surface area (Å²) in [6, 6.07) is 3.72. The third kappa shape index (κ3) is 6.21. The van der Waals surface area contributed by atoms with Crippen LogP contribution in [0.1, 0.15) is 31.8 Å². The topological polar surface area (TPSA) is 85.6 Å². The Morgan fingerprint density at radius 1 is 1.35 bits per heavy atom. The van der Waals surface area contributed by atoms with Crippen molar-refractivity contribution >= 4 is 15.8 Å². The second kappa shape index (κ2) is 7.44. The molecule has 0 atom stereocenters. The van der Waals surface area contributed by atoms with Crippen molar-refractivity contribution < 1.29 is 22.4 Å². The molecule has 20 heavy (non-hydrogen) atoms. The van der Waals surface area contributed by atoms with Crippen molar-refractivity contribution in [3.63, 3.8) is 0 Å². The molecule has 114 valence electrons. The van der Waals surface area contributed by atoms with Gasteiger partial charge in [0.2, 0.25) is 0 Å². The first-order chi connectivity index (χ1) is 9.32. The molecule has 0 saturated heterocycles. The molecule has 1 heterocycles. The van der Waals surface area contributed by atoms with E-state index in [9.17, 15) is 13.2 Å². The highest BCUT2D eigenvalue weighted by Crippen LogP contribution is 2.12. The maximum Gasteiger partial charge on any atom is 0.306 e. The lowest BCUT2D eigenvalue weighted by Crippen LogP contribution is -2.21. The SMILES string of the molecule is COC(=O)CCS(=O)(=O)Cc1ccc(CNC(C)C)o1. The molecule has 0 aromatic carbocycles. The van der Waals surface area contributed by atoms with Gasteiger partial charge in [-0.15, -0.1) is 0 Å². The Labute approximate surface area is 119 Å². The minimum atomic E-state index is -3.37. The van der Waals surface area contributed by atoms with E-state index < -0.39 is 15.8 Å². The van der Waals surface area contributed by atoms with Gasteiger partial charge >= 0.3 is 5.97 Å². The van der Waals surface area contributed by atoms with Crippen molar-refractivity contribution in [2.75, 3.05) is 12.9 Å². The van der Waals surface area contributed by atoms with Gasteiger partial charge in [0.05, 0.1) is 25.8 Å². The van der Waals surface area contributed by atoms with Crippen molar-refractivity contribution in [3.8, 4) is 0 Å². The molecule has 0 unspecified atom stereocenters. The van der Waals surface area contributed by atoms with Gasteiger partial charge in [-0.25, -0.2) is 8.42 Å². The smallest absolute Gasteiger partial charge is 0.306 e. The third-order valence-corrected chi connectivity index (χ3v) is 4.16. The average molecular weight is 303 g/mol. The van der Waals surface area contributed by atoms with Crippen molar-refractivity contribution in [2.24, 2.45) is 0 Å². The molecule has 6 nitrogen and oxygen atoms in total. The van der Waals surface area contributed by atoms with E-state index in [4.69, 9.17) is 4.42 Å². The van der Waals surface area contributed by atoms with Gasteiger partial charge in [0.1, 0.15) is 17.3 Å². The second-order valence-corrected chi connectivity index (χ2v) is 7.01. The molecule has 0 aliphatic heterocycles. The molecule has 1 aromatic heterocycles. The lowest BCUT2D eigenvalue weighted by molar-refractivity contribution is -0.140. The fourth-order valence-electron chi connectivity index (χ4n) is 1.53. The maximum absolute atomic E-state index is 11.8. The van der Waals surface area contributed by atoms with E-state index in [0.717, 1.165) is 0 Å². The number of furan rings is 1. The average Bonchev–Trinajstić information content (AvgIpc) is 2.80. The summed E-state index contributed by atoms with van der Waals surface area (Å²) in [5.41, 5.74) is 0. The van der Waals surface area contributed by atoms with Gasteiger partial charge in [0.25, 0.3) is 0 Å². The molecular weight excluding hydrogens is 282 g/mol. The summed E-state index contributed by atoms with van der Waals surface area (Å²) in [6.45, 7) is 4.59. The number of carbonyl (C=O) groups is 1. The van der Waals surface area contributed by atoms with E-state index in [1.165, 1.54) is 7.11 Å². The van der Waals surface area contributed by atoms with E-state index in [1.54, 1.807) is 12.1 Å². The summed E-state index contributed by atoms with van der Waals surface area (Å²) in [6.07, 6.45) is -0.138. The monoisotopic (exact) mass is 303 g/mol. The fraction of sp³-hybridized carbons (Fsp3) is 0.615. The van der Waals surface area contributed by atoms with Crippen molar-refractivity contribution in [2.45, 2.75) is 38.6 Å². The van der Waals surface area contributed by atoms with Crippen molar-refractivity contribution in [1.29, 1.82) is 0 Å². The van der Waals surface area contributed by atoms with Crippen LogP contribution in [-0.2, 0) is 31.7 Å². The predicted octanol–water partition coefficient (Wildman–Crippen LogP) is 1.26. The first-order valence-corrected chi connectivity index (χ1v) is 8.23. The van der Waals surface area contributed by atoms with Crippen LogP contribution in [0, 0.1) is 0 Å². The normalized spacial score (nSPS) is 11.8. The fourth-order valence-corrected chi connectivity index (χ4v) is 2.74. The Kier molecular flexibility index (Phi) is 6.22. The molecule has 0 bridgehead atoms. The summed E-state index contributed by atoms with van der Waals surface area (Å²) in [5.74, 6) is 0.105. The lowest BCUT2D eigenvalue weighted by Gasteiger charge is -2.05. The minimum absolute atomic E-state index is 0.138. The van der Waals surface area contributed by atoms with Crippen LogP contribution in [0.2, 0.25) is 0 Å². The molecule has 0 saturated carbocycles. The first kappa shape index (κ1) is 16.7. The summed E-state index contributed by atoms with van der Waals surface area (Å²) in [4.78, 5) is 10.9. The zero-order chi connectivity index (χ0) is 15.2. The molecule has 7 heteroatoms. The standard InChI is InChI=1S/C13H21NO5S/c1-10(2)14-8-11-4-5-12(19-11)9-20(16,17)7-6-13(15)18-3/h4-5,10,14H,6-9H2,1-3H3. The maximum atomic E-state index is 11.8. The number of rotatable bonds is 8. The number of ether oxygens (including phenoxy) is 1. The van der Waals surface area contributed by atoms with Gasteiger partial charge in [0, 0.05) is 6.04 Å². The van der Waals surface area contributed by atoms with Crippen LogP contribution < -0.4 is 5.32 Å². The van der Waals surface area contributed by atoms with Gasteiger partial charge in [-0.1, -0.05) is 13.8 Å². The predicted molar refractivity (Wildman–Crippen MR) is 74.8 cm³/mol. The molecule has 0 amide bonds. The van der Waals surface area contributed by atoms with E-state index in [-0.39, 0.29) is 17.9 Å². The minimum Gasteiger partial charge on any atom is -0.469 e. The number of carbonyl (C=O) groups excluding carboxylic acids is 1. The Morgan fingerprint density at radius 2 is 2.00 bits per heavy atom. The van der Waals surface area contributed by atoms with Crippen LogP contribution in [-0.4, -0.2) is 33.3 Å². The number of nitrogens with one attached hydrogen (secondary N) is 1. The summed E-state index contributed by atoms with van der Waals surface area (Å²) in [5, 5.41) is 3.18. The molecule has 0 spiro atoms. The van der Waals surface area contributed by atoms with E-state index in [1.807, 2.05) is 13.8 Å². The van der Waals surface area contributed by atoms with Gasteiger partial charge in [-0.3, -0.25) is 4.79 Å². The zero-order valence-electron chi connectivity index (χ0n) is 12.0. The summed E-state index contributed by atoms with van der Waals surface area (Å²) in [7, 11) is -2.14. The number of hydrogen-bond acceptors (Lipinski definition) is 6. The van der Waals surface area contributed by atoms with Crippen LogP contribution in [0.3, 0.4) is 0 Å². The third-order valence-electron chi connectivity index (χ3n) is 2.61. The van der Waals surface area contributed by atoms with Crippen LogP contribution in [0.25, 0.3) is 0 Å². The zero-order valence-corrected chi connectivity index (χ0v) is 12.8.